The van der Waals surface area contributed by atoms with Crippen LogP contribution in [-0.4, -0.2) is 22.5 Å². The quantitative estimate of drug-likeness (QED) is 0.814. The van der Waals surface area contributed by atoms with Gasteiger partial charge in [-0.3, -0.25) is 4.90 Å². The average molecular weight is 298 g/mol. The van der Waals surface area contributed by atoms with Crippen molar-refractivity contribution in [1.29, 1.82) is 0 Å². The number of allylic oxidation sites excluding steroid dienone is 1. The molecule has 21 heavy (non-hydrogen) atoms. The predicted molar refractivity (Wildman–Crippen MR) is 87.4 cm³/mol. The van der Waals surface area contributed by atoms with Crippen molar-refractivity contribution in [2.45, 2.75) is 32.4 Å². The molecule has 1 aromatic carbocycles. The van der Waals surface area contributed by atoms with Crippen LogP contribution in [0.25, 0.3) is 11.1 Å². The largest absolute Gasteiger partial charge is 0.443 e. The highest BCUT2D eigenvalue weighted by atomic mass is 32.1. The minimum atomic E-state index is 0.444. The van der Waals surface area contributed by atoms with E-state index < -0.39 is 0 Å². The summed E-state index contributed by atoms with van der Waals surface area (Å²) in [5.74, 6) is 0. The molecule has 2 aliphatic rings. The summed E-state index contributed by atoms with van der Waals surface area (Å²) in [7, 11) is 0. The molecular formula is C17H18N2OS. The molecule has 0 saturated carbocycles. The predicted octanol–water partition coefficient (Wildman–Crippen LogP) is 3.72. The summed E-state index contributed by atoms with van der Waals surface area (Å²) in [5.41, 5.74) is 5.99. The maximum Gasteiger partial charge on any atom is 0.181 e. The number of rotatable bonds is 1. The number of fused-ring (bicyclic) bond motifs is 3. The van der Waals surface area contributed by atoms with Crippen LogP contribution in [0.5, 0.6) is 0 Å². The number of hydrogen-bond acceptors (Lipinski definition) is 4. The lowest BCUT2D eigenvalue weighted by Gasteiger charge is -2.41. The zero-order valence-electron chi connectivity index (χ0n) is 12.0. The highest BCUT2D eigenvalue weighted by Crippen LogP contribution is 2.36. The van der Waals surface area contributed by atoms with E-state index in [0.29, 0.717) is 6.04 Å². The van der Waals surface area contributed by atoms with Gasteiger partial charge in [-0.15, -0.1) is 12.6 Å². The van der Waals surface area contributed by atoms with Crippen LogP contribution in [0, 0.1) is 0 Å². The fraction of sp³-hybridized carbons (Fsp3) is 0.353. The number of aromatic nitrogens is 1. The SMILES string of the molecule is C/C=C\C1=C(S)CCN2Cc3cc4ocnc4cc3C[C@@H]12. The van der Waals surface area contributed by atoms with Crippen LogP contribution in [-0.2, 0) is 13.0 Å². The van der Waals surface area contributed by atoms with E-state index in [0.717, 1.165) is 37.0 Å². The van der Waals surface area contributed by atoms with E-state index in [2.05, 4.69) is 41.1 Å². The smallest absolute Gasteiger partial charge is 0.181 e. The Balaban J connectivity index is 1.78. The van der Waals surface area contributed by atoms with Crippen molar-refractivity contribution in [3.63, 3.8) is 0 Å². The third kappa shape index (κ3) is 2.14. The van der Waals surface area contributed by atoms with Crippen molar-refractivity contribution in [2.75, 3.05) is 6.54 Å². The number of benzene rings is 1. The molecular weight excluding hydrogens is 280 g/mol. The van der Waals surface area contributed by atoms with Crippen LogP contribution in [0.4, 0.5) is 0 Å². The van der Waals surface area contributed by atoms with Gasteiger partial charge in [0.15, 0.2) is 12.0 Å². The van der Waals surface area contributed by atoms with Gasteiger partial charge >= 0.3 is 0 Å². The van der Waals surface area contributed by atoms with Gasteiger partial charge < -0.3 is 4.42 Å². The number of thiol groups is 1. The molecule has 1 atom stereocenters. The second-order valence-electron chi connectivity index (χ2n) is 5.78. The summed E-state index contributed by atoms with van der Waals surface area (Å²) >= 11 is 4.70. The van der Waals surface area contributed by atoms with Gasteiger partial charge in [0.2, 0.25) is 0 Å². The summed E-state index contributed by atoms with van der Waals surface area (Å²) in [6.45, 7) is 4.14. The first-order valence-corrected chi connectivity index (χ1v) is 7.84. The summed E-state index contributed by atoms with van der Waals surface area (Å²) < 4.78 is 5.43. The van der Waals surface area contributed by atoms with E-state index in [1.54, 1.807) is 0 Å². The van der Waals surface area contributed by atoms with Gasteiger partial charge in [-0.1, -0.05) is 12.2 Å². The lowest BCUT2D eigenvalue weighted by Crippen LogP contribution is -2.44. The molecule has 4 heteroatoms. The number of oxazole rings is 1. The molecule has 0 radical (unpaired) electrons. The molecule has 4 rings (SSSR count). The molecule has 3 heterocycles. The zero-order chi connectivity index (χ0) is 14.4. The molecule has 0 bridgehead atoms. The minimum Gasteiger partial charge on any atom is -0.443 e. The maximum absolute atomic E-state index is 5.43. The first-order valence-electron chi connectivity index (χ1n) is 7.40. The summed E-state index contributed by atoms with van der Waals surface area (Å²) in [6, 6.07) is 4.79. The lowest BCUT2D eigenvalue weighted by atomic mass is 9.86. The van der Waals surface area contributed by atoms with Crippen molar-refractivity contribution in [3.8, 4) is 0 Å². The minimum absolute atomic E-state index is 0.444. The second kappa shape index (κ2) is 5.04. The first kappa shape index (κ1) is 13.2. The Labute approximate surface area is 129 Å². The molecule has 0 saturated heterocycles. The van der Waals surface area contributed by atoms with Crippen molar-refractivity contribution in [3.05, 3.63) is 52.3 Å². The highest BCUT2D eigenvalue weighted by molar-refractivity contribution is 7.84. The van der Waals surface area contributed by atoms with Crippen molar-refractivity contribution >= 4 is 23.7 Å². The third-order valence-electron chi connectivity index (χ3n) is 4.55. The van der Waals surface area contributed by atoms with Gasteiger partial charge in [-0.05, 0) is 53.5 Å². The van der Waals surface area contributed by atoms with E-state index >= 15 is 0 Å². The van der Waals surface area contributed by atoms with Gasteiger partial charge in [0, 0.05) is 19.1 Å². The molecule has 0 unspecified atom stereocenters. The molecule has 0 fully saturated rings. The summed E-state index contributed by atoms with van der Waals surface area (Å²) in [5, 5.41) is 0. The number of nitrogens with zero attached hydrogens (tertiary/aromatic N) is 2. The molecule has 0 amide bonds. The Kier molecular flexibility index (Phi) is 3.16. The van der Waals surface area contributed by atoms with Crippen LogP contribution in [0.2, 0.25) is 0 Å². The maximum atomic E-state index is 5.43. The lowest BCUT2D eigenvalue weighted by molar-refractivity contribution is 0.190. The average Bonchev–Trinajstić information content (AvgIpc) is 2.93. The standard InChI is InChI=1S/C17H18N2OS/c1-2-3-13-15-7-11-6-14-16(20-10-18-14)8-12(11)9-19(15)5-4-17(13)21/h2-3,6,8,10,15,21H,4-5,7,9H2,1H3/b3-2-/t15-/m0/s1. The molecule has 2 aromatic rings. The van der Waals surface area contributed by atoms with Crippen LogP contribution < -0.4 is 0 Å². The van der Waals surface area contributed by atoms with Crippen LogP contribution in [0.15, 0.2) is 45.6 Å². The fourth-order valence-electron chi connectivity index (χ4n) is 3.51. The van der Waals surface area contributed by atoms with Crippen LogP contribution in [0.1, 0.15) is 24.5 Å². The highest BCUT2D eigenvalue weighted by Gasteiger charge is 2.32. The Morgan fingerprint density at radius 1 is 1.38 bits per heavy atom. The van der Waals surface area contributed by atoms with E-state index in [-0.39, 0.29) is 0 Å². The molecule has 108 valence electrons. The molecule has 0 aliphatic carbocycles. The van der Waals surface area contributed by atoms with Gasteiger partial charge in [0.25, 0.3) is 0 Å². The first-order chi connectivity index (χ1) is 10.3. The third-order valence-corrected chi connectivity index (χ3v) is 5.04. The zero-order valence-corrected chi connectivity index (χ0v) is 12.9. The summed E-state index contributed by atoms with van der Waals surface area (Å²) in [4.78, 5) is 8.07. The molecule has 0 spiro atoms. The van der Waals surface area contributed by atoms with Gasteiger partial charge in [0.05, 0.1) is 0 Å². The van der Waals surface area contributed by atoms with Crippen molar-refractivity contribution < 1.29 is 4.42 Å². The topological polar surface area (TPSA) is 29.3 Å². The molecule has 2 aliphatic heterocycles. The Bertz CT molecular complexity index is 759. The van der Waals surface area contributed by atoms with Gasteiger partial charge in [-0.2, -0.15) is 0 Å². The van der Waals surface area contributed by atoms with E-state index in [1.165, 1.54) is 28.0 Å². The molecule has 3 nitrogen and oxygen atoms in total. The van der Waals surface area contributed by atoms with Crippen LogP contribution >= 0.6 is 12.6 Å². The fourth-order valence-corrected chi connectivity index (χ4v) is 3.83. The Morgan fingerprint density at radius 3 is 3.14 bits per heavy atom. The van der Waals surface area contributed by atoms with E-state index in [9.17, 15) is 0 Å². The van der Waals surface area contributed by atoms with Gasteiger partial charge in [0.1, 0.15) is 5.52 Å². The Hall–Kier alpha value is -1.52. The monoisotopic (exact) mass is 298 g/mol. The van der Waals surface area contributed by atoms with Gasteiger partial charge in [-0.25, -0.2) is 4.98 Å². The normalized spacial score (nSPS) is 22.9. The molecule has 0 N–H and O–H groups in total. The van der Waals surface area contributed by atoms with Crippen molar-refractivity contribution in [1.82, 2.24) is 9.88 Å². The van der Waals surface area contributed by atoms with E-state index in [1.807, 2.05) is 0 Å². The van der Waals surface area contributed by atoms with Crippen LogP contribution in [0.3, 0.4) is 0 Å². The van der Waals surface area contributed by atoms with Crippen molar-refractivity contribution in [2.24, 2.45) is 0 Å². The molecule has 1 aromatic heterocycles. The summed E-state index contributed by atoms with van der Waals surface area (Å²) in [6.07, 6.45) is 7.94. The van der Waals surface area contributed by atoms with E-state index in [4.69, 9.17) is 17.0 Å². The number of hydrogen-bond donors (Lipinski definition) is 1. The Morgan fingerprint density at radius 2 is 2.29 bits per heavy atom. The second-order valence-corrected chi connectivity index (χ2v) is 6.32.